The zero-order valence-electron chi connectivity index (χ0n) is 14.6. The minimum Gasteiger partial charge on any atom is -0.343 e. The van der Waals surface area contributed by atoms with E-state index in [0.717, 1.165) is 17.3 Å². The quantitative estimate of drug-likeness (QED) is 0.584. The van der Waals surface area contributed by atoms with Crippen LogP contribution in [-0.4, -0.2) is 29.8 Å². The highest BCUT2D eigenvalue weighted by Crippen LogP contribution is 2.13. The predicted molar refractivity (Wildman–Crippen MR) is 97.8 cm³/mol. The van der Waals surface area contributed by atoms with Gasteiger partial charge < -0.3 is 5.32 Å². The highest BCUT2D eigenvalue weighted by Gasteiger charge is 2.13. The number of benzene rings is 2. The molecule has 0 radical (unpaired) electrons. The Labute approximate surface area is 150 Å². The van der Waals surface area contributed by atoms with Crippen molar-refractivity contribution < 1.29 is 14.5 Å². The van der Waals surface area contributed by atoms with E-state index in [1.807, 2.05) is 38.1 Å². The number of nitro groups is 1. The maximum absolute atomic E-state index is 12.1. The van der Waals surface area contributed by atoms with Gasteiger partial charge in [-0.25, -0.2) is 0 Å². The Bertz CT molecular complexity index is 805. The molecule has 2 N–H and O–H groups in total. The third-order valence-electron chi connectivity index (χ3n) is 3.65. The Hall–Kier alpha value is -3.42. The van der Waals surface area contributed by atoms with Crippen LogP contribution in [0.25, 0.3) is 0 Å². The number of hydrogen-bond donors (Lipinski definition) is 2. The molecule has 0 aliphatic carbocycles. The van der Waals surface area contributed by atoms with E-state index >= 15 is 0 Å². The van der Waals surface area contributed by atoms with Gasteiger partial charge in [0.15, 0.2) is 0 Å². The fraction of sp³-hybridized carbons (Fsp3) is 0.222. The summed E-state index contributed by atoms with van der Waals surface area (Å²) in [5.74, 6) is -0.951. The molecule has 0 unspecified atom stereocenters. The van der Waals surface area contributed by atoms with Gasteiger partial charge in [0.25, 0.3) is 17.5 Å². The topological polar surface area (TPSA) is 105 Å². The van der Waals surface area contributed by atoms with Crippen LogP contribution in [-0.2, 0) is 4.79 Å². The average molecular weight is 356 g/mol. The molecular weight excluding hydrogens is 336 g/mol. The molecule has 0 atom stereocenters. The van der Waals surface area contributed by atoms with Crippen LogP contribution < -0.4 is 15.8 Å². The molecule has 2 amide bonds. The monoisotopic (exact) mass is 356 g/mol. The van der Waals surface area contributed by atoms with Gasteiger partial charge in [-0.15, -0.1) is 0 Å². The Balaban J connectivity index is 1.93. The molecule has 0 bridgehead atoms. The molecule has 0 aliphatic rings. The standard InChI is InChI=1S/C18H20N4O4/c1-3-21(15-9-7-13(2)8-10-15)20-17(23)12-19-18(24)14-5-4-6-16(11-14)22(25)26/h4-11H,3,12H2,1-2H3,(H,19,24)(H,20,23). The molecule has 136 valence electrons. The van der Waals surface area contributed by atoms with Gasteiger partial charge in [-0.3, -0.25) is 30.1 Å². The molecule has 26 heavy (non-hydrogen) atoms. The summed E-state index contributed by atoms with van der Waals surface area (Å²) in [6.07, 6.45) is 0. The number of nitro benzene ring substituents is 1. The largest absolute Gasteiger partial charge is 0.343 e. The van der Waals surface area contributed by atoms with E-state index in [4.69, 9.17) is 0 Å². The minimum absolute atomic E-state index is 0.123. The number of carbonyl (C=O) groups excluding carboxylic acids is 2. The smallest absolute Gasteiger partial charge is 0.270 e. The molecule has 2 aromatic carbocycles. The lowest BCUT2D eigenvalue weighted by molar-refractivity contribution is -0.384. The highest BCUT2D eigenvalue weighted by molar-refractivity contribution is 5.97. The first-order chi connectivity index (χ1) is 12.4. The van der Waals surface area contributed by atoms with Gasteiger partial charge in [0.1, 0.15) is 0 Å². The molecule has 2 aromatic rings. The Morgan fingerprint density at radius 1 is 1.15 bits per heavy atom. The fourth-order valence-electron chi connectivity index (χ4n) is 2.26. The molecule has 0 saturated heterocycles. The van der Waals surface area contributed by atoms with Crippen LogP contribution in [0.4, 0.5) is 11.4 Å². The number of hydrogen-bond acceptors (Lipinski definition) is 5. The summed E-state index contributed by atoms with van der Waals surface area (Å²) < 4.78 is 0. The number of anilines is 1. The number of nitrogens with one attached hydrogen (secondary N) is 2. The van der Waals surface area contributed by atoms with E-state index < -0.39 is 16.7 Å². The van der Waals surface area contributed by atoms with Crippen LogP contribution >= 0.6 is 0 Å². The summed E-state index contributed by atoms with van der Waals surface area (Å²) in [7, 11) is 0. The van der Waals surface area contributed by atoms with Crippen molar-refractivity contribution >= 4 is 23.2 Å². The first kappa shape index (κ1) is 18.9. The second-order valence-electron chi connectivity index (χ2n) is 5.60. The highest BCUT2D eigenvalue weighted by atomic mass is 16.6. The van der Waals surface area contributed by atoms with Gasteiger partial charge in [0.2, 0.25) is 0 Å². The molecule has 8 nitrogen and oxygen atoms in total. The molecule has 2 rings (SSSR count). The summed E-state index contributed by atoms with van der Waals surface area (Å²) >= 11 is 0. The SMILES string of the molecule is CCN(NC(=O)CNC(=O)c1cccc([N+](=O)[O-])c1)c1ccc(C)cc1. The van der Waals surface area contributed by atoms with Crippen molar-refractivity contribution in [2.75, 3.05) is 18.1 Å². The van der Waals surface area contributed by atoms with Gasteiger partial charge in [0, 0.05) is 24.2 Å². The van der Waals surface area contributed by atoms with E-state index in [-0.39, 0.29) is 17.8 Å². The van der Waals surface area contributed by atoms with E-state index in [2.05, 4.69) is 10.7 Å². The Morgan fingerprint density at radius 2 is 1.85 bits per heavy atom. The lowest BCUT2D eigenvalue weighted by Crippen LogP contribution is -2.46. The molecule has 0 fully saturated rings. The number of rotatable bonds is 7. The number of nitrogens with zero attached hydrogens (tertiary/aromatic N) is 2. The minimum atomic E-state index is -0.579. The van der Waals surface area contributed by atoms with Crippen LogP contribution in [0, 0.1) is 17.0 Å². The lowest BCUT2D eigenvalue weighted by Gasteiger charge is -2.24. The van der Waals surface area contributed by atoms with E-state index in [9.17, 15) is 19.7 Å². The lowest BCUT2D eigenvalue weighted by atomic mass is 10.2. The molecule has 0 aliphatic heterocycles. The number of carbonyl (C=O) groups is 2. The van der Waals surface area contributed by atoms with Gasteiger partial charge in [-0.1, -0.05) is 23.8 Å². The zero-order valence-corrected chi connectivity index (χ0v) is 14.6. The molecule has 0 heterocycles. The van der Waals surface area contributed by atoms with E-state index in [1.54, 1.807) is 5.01 Å². The van der Waals surface area contributed by atoms with Crippen LogP contribution in [0.5, 0.6) is 0 Å². The molecule has 0 spiro atoms. The van der Waals surface area contributed by atoms with Gasteiger partial charge in [0.05, 0.1) is 17.2 Å². The summed E-state index contributed by atoms with van der Waals surface area (Å²) in [6.45, 7) is 4.17. The second kappa shape index (κ2) is 8.61. The van der Waals surface area contributed by atoms with Crippen molar-refractivity contribution in [3.05, 3.63) is 69.8 Å². The van der Waals surface area contributed by atoms with E-state index in [0.29, 0.717) is 6.54 Å². The number of hydrazine groups is 1. The van der Waals surface area contributed by atoms with Crippen LogP contribution in [0.3, 0.4) is 0 Å². The predicted octanol–water partition coefficient (Wildman–Crippen LogP) is 2.19. The molecule has 8 heteroatoms. The summed E-state index contributed by atoms with van der Waals surface area (Å²) in [6, 6.07) is 13.0. The van der Waals surface area contributed by atoms with Crippen molar-refractivity contribution in [3.8, 4) is 0 Å². The summed E-state index contributed by atoms with van der Waals surface area (Å²) in [5, 5.41) is 14.9. The normalized spacial score (nSPS) is 10.1. The maximum Gasteiger partial charge on any atom is 0.270 e. The number of amides is 2. The summed E-state index contributed by atoms with van der Waals surface area (Å²) in [4.78, 5) is 34.3. The van der Waals surface area contributed by atoms with Gasteiger partial charge in [-0.05, 0) is 32.0 Å². The molecule has 0 saturated carbocycles. The van der Waals surface area contributed by atoms with Gasteiger partial charge in [-0.2, -0.15) is 0 Å². The van der Waals surface area contributed by atoms with Crippen molar-refractivity contribution in [2.24, 2.45) is 0 Å². The molecular formula is C18H20N4O4. The van der Waals surface area contributed by atoms with Crippen molar-refractivity contribution in [1.29, 1.82) is 0 Å². The third-order valence-corrected chi connectivity index (χ3v) is 3.65. The van der Waals surface area contributed by atoms with Crippen LogP contribution in [0.2, 0.25) is 0 Å². The number of non-ortho nitro benzene ring substituents is 1. The number of aryl methyl sites for hydroxylation is 1. The second-order valence-corrected chi connectivity index (χ2v) is 5.60. The van der Waals surface area contributed by atoms with Crippen molar-refractivity contribution in [3.63, 3.8) is 0 Å². The first-order valence-corrected chi connectivity index (χ1v) is 8.07. The van der Waals surface area contributed by atoms with Crippen LogP contribution in [0.1, 0.15) is 22.8 Å². The van der Waals surface area contributed by atoms with E-state index in [1.165, 1.54) is 18.2 Å². The maximum atomic E-state index is 12.1. The Morgan fingerprint density at radius 3 is 2.46 bits per heavy atom. The zero-order chi connectivity index (χ0) is 19.1. The average Bonchev–Trinajstić information content (AvgIpc) is 2.65. The fourth-order valence-corrected chi connectivity index (χ4v) is 2.26. The first-order valence-electron chi connectivity index (χ1n) is 8.07. The summed E-state index contributed by atoms with van der Waals surface area (Å²) in [5.41, 5.74) is 4.59. The van der Waals surface area contributed by atoms with Crippen LogP contribution in [0.15, 0.2) is 48.5 Å². The van der Waals surface area contributed by atoms with Gasteiger partial charge >= 0.3 is 0 Å². The Kier molecular flexibility index (Phi) is 6.26. The molecule has 0 aromatic heterocycles. The van der Waals surface area contributed by atoms with Crippen molar-refractivity contribution in [1.82, 2.24) is 10.7 Å². The third kappa shape index (κ3) is 5.04. The van der Waals surface area contributed by atoms with Crippen molar-refractivity contribution in [2.45, 2.75) is 13.8 Å².